The molecule has 2 rings (SSSR count). The number of hydrogen-bond donors (Lipinski definition) is 1. The minimum Gasteiger partial charge on any atom is -0.508 e. The molecule has 2 aromatic rings. The first-order chi connectivity index (χ1) is 10.1. The summed E-state index contributed by atoms with van der Waals surface area (Å²) in [4.78, 5) is 4.36. The Balaban J connectivity index is 2.28. The van der Waals surface area contributed by atoms with Crippen molar-refractivity contribution in [3.63, 3.8) is 0 Å². The van der Waals surface area contributed by atoms with Crippen LogP contribution in [-0.4, -0.2) is 25.0 Å². The number of aromatic hydroxyl groups is 1. The Kier molecular flexibility index (Phi) is 5.22. The minimum absolute atomic E-state index is 0.222. The Bertz CT molecular complexity index is 639. The van der Waals surface area contributed by atoms with Gasteiger partial charge < -0.3 is 14.6 Å². The molecule has 0 unspecified atom stereocenters. The van der Waals surface area contributed by atoms with Gasteiger partial charge in [0.1, 0.15) is 5.75 Å². The summed E-state index contributed by atoms with van der Waals surface area (Å²) in [6.45, 7) is 2.49. The molecule has 0 saturated carbocycles. The van der Waals surface area contributed by atoms with Gasteiger partial charge >= 0.3 is 0 Å². The van der Waals surface area contributed by atoms with Crippen LogP contribution in [0.4, 0.5) is 5.69 Å². The highest BCUT2D eigenvalue weighted by atomic mass is 79.9. The summed E-state index contributed by atoms with van der Waals surface area (Å²) in [5.41, 5.74) is 1.65. The van der Waals surface area contributed by atoms with Gasteiger partial charge in [0, 0.05) is 6.21 Å². The molecule has 1 N–H and O–H groups in total. The van der Waals surface area contributed by atoms with E-state index in [0.29, 0.717) is 18.1 Å². The molecule has 0 fully saturated rings. The molecule has 5 heteroatoms. The molecule has 0 radical (unpaired) electrons. The number of nitrogens with zero attached hydrogens (tertiary/aromatic N) is 1. The molecule has 21 heavy (non-hydrogen) atoms. The normalized spacial score (nSPS) is 10.8. The topological polar surface area (TPSA) is 51.0 Å². The largest absolute Gasteiger partial charge is 0.508 e. The molecular weight excluding hydrogens is 334 g/mol. The van der Waals surface area contributed by atoms with Gasteiger partial charge in [0.15, 0.2) is 11.5 Å². The van der Waals surface area contributed by atoms with E-state index in [9.17, 15) is 5.11 Å². The third-order valence-corrected chi connectivity index (χ3v) is 3.34. The van der Waals surface area contributed by atoms with Gasteiger partial charge in [-0.1, -0.05) is 0 Å². The molecule has 0 saturated heterocycles. The summed E-state index contributed by atoms with van der Waals surface area (Å²) in [5.74, 6) is 1.56. The van der Waals surface area contributed by atoms with Crippen LogP contribution in [0.2, 0.25) is 0 Å². The molecule has 110 valence electrons. The fourth-order valence-corrected chi connectivity index (χ4v) is 2.36. The van der Waals surface area contributed by atoms with E-state index in [2.05, 4.69) is 20.9 Å². The molecule has 0 spiro atoms. The zero-order valence-electron chi connectivity index (χ0n) is 11.8. The average Bonchev–Trinajstić information content (AvgIpc) is 2.49. The Morgan fingerprint density at radius 3 is 2.57 bits per heavy atom. The number of hydrogen-bond acceptors (Lipinski definition) is 4. The van der Waals surface area contributed by atoms with Crippen molar-refractivity contribution in [3.05, 3.63) is 46.4 Å². The van der Waals surface area contributed by atoms with Crippen LogP contribution in [0.3, 0.4) is 0 Å². The Hall–Kier alpha value is -2.01. The predicted molar refractivity (Wildman–Crippen MR) is 87.2 cm³/mol. The maximum atomic E-state index is 9.24. The van der Waals surface area contributed by atoms with Crippen molar-refractivity contribution in [1.82, 2.24) is 0 Å². The highest BCUT2D eigenvalue weighted by Crippen LogP contribution is 2.36. The summed E-state index contributed by atoms with van der Waals surface area (Å²) in [5, 5.41) is 9.24. The number of phenols is 1. The highest BCUT2D eigenvalue weighted by molar-refractivity contribution is 9.10. The first-order valence-corrected chi connectivity index (χ1v) is 7.26. The third kappa shape index (κ3) is 3.98. The van der Waals surface area contributed by atoms with Gasteiger partial charge in [0.2, 0.25) is 0 Å². The highest BCUT2D eigenvalue weighted by Gasteiger charge is 2.10. The van der Waals surface area contributed by atoms with E-state index in [-0.39, 0.29) is 5.75 Å². The van der Waals surface area contributed by atoms with Gasteiger partial charge in [-0.05, 0) is 64.8 Å². The predicted octanol–water partition coefficient (Wildman–Crippen LogP) is 4.31. The molecular formula is C16H16BrNO3. The Labute approximate surface area is 132 Å². The lowest BCUT2D eigenvalue weighted by Gasteiger charge is -2.11. The van der Waals surface area contributed by atoms with Gasteiger partial charge in [0.05, 0.1) is 23.9 Å². The molecule has 0 aromatic heterocycles. The number of halogens is 1. The number of benzene rings is 2. The monoisotopic (exact) mass is 349 g/mol. The van der Waals surface area contributed by atoms with Crippen molar-refractivity contribution in [2.75, 3.05) is 13.7 Å². The third-order valence-electron chi connectivity index (χ3n) is 2.75. The summed E-state index contributed by atoms with van der Waals surface area (Å²) in [6.07, 6.45) is 1.73. The molecule has 0 aliphatic rings. The summed E-state index contributed by atoms with van der Waals surface area (Å²) >= 11 is 3.48. The molecule has 0 aliphatic carbocycles. The minimum atomic E-state index is 0.222. The van der Waals surface area contributed by atoms with E-state index in [4.69, 9.17) is 9.47 Å². The maximum absolute atomic E-state index is 9.24. The Morgan fingerprint density at radius 1 is 1.24 bits per heavy atom. The van der Waals surface area contributed by atoms with Crippen molar-refractivity contribution >= 4 is 27.8 Å². The first-order valence-electron chi connectivity index (χ1n) is 6.47. The second-order valence-corrected chi connectivity index (χ2v) is 5.10. The summed E-state index contributed by atoms with van der Waals surface area (Å²) < 4.78 is 11.7. The van der Waals surface area contributed by atoms with Gasteiger partial charge in [-0.3, -0.25) is 4.99 Å². The average molecular weight is 350 g/mol. The number of ether oxygens (including phenoxy) is 2. The van der Waals surface area contributed by atoms with Gasteiger partial charge in [-0.25, -0.2) is 0 Å². The summed E-state index contributed by atoms with van der Waals surface area (Å²) in [7, 11) is 1.60. The molecule has 2 aromatic carbocycles. The van der Waals surface area contributed by atoms with E-state index in [1.807, 2.05) is 19.1 Å². The van der Waals surface area contributed by atoms with Crippen LogP contribution in [0.5, 0.6) is 17.2 Å². The molecule has 0 atom stereocenters. The number of phenolic OH excluding ortho intramolecular Hbond substituents is 1. The van der Waals surface area contributed by atoms with Crippen LogP contribution in [0.15, 0.2) is 45.9 Å². The van der Waals surface area contributed by atoms with Crippen LogP contribution in [-0.2, 0) is 0 Å². The lowest BCUT2D eigenvalue weighted by Crippen LogP contribution is -1.97. The second kappa shape index (κ2) is 7.13. The van der Waals surface area contributed by atoms with E-state index in [1.165, 1.54) is 0 Å². The van der Waals surface area contributed by atoms with Crippen LogP contribution in [0.1, 0.15) is 12.5 Å². The molecule has 0 amide bonds. The standard InChI is InChI=1S/C16H16BrNO3/c1-3-21-16-14(17)8-11(9-15(16)20-2)10-18-12-4-6-13(19)7-5-12/h4-10,19H,3H2,1-2H3. The molecule has 0 heterocycles. The lowest BCUT2D eigenvalue weighted by atomic mass is 10.2. The van der Waals surface area contributed by atoms with Crippen molar-refractivity contribution in [2.24, 2.45) is 4.99 Å². The van der Waals surface area contributed by atoms with Crippen molar-refractivity contribution < 1.29 is 14.6 Å². The van der Waals surface area contributed by atoms with Crippen molar-refractivity contribution in [2.45, 2.75) is 6.92 Å². The fraction of sp³-hybridized carbons (Fsp3) is 0.188. The van der Waals surface area contributed by atoms with Crippen LogP contribution < -0.4 is 9.47 Å². The number of methoxy groups -OCH3 is 1. The zero-order valence-corrected chi connectivity index (χ0v) is 13.4. The van der Waals surface area contributed by atoms with Crippen LogP contribution >= 0.6 is 15.9 Å². The molecule has 4 nitrogen and oxygen atoms in total. The quantitative estimate of drug-likeness (QED) is 0.818. The van der Waals surface area contributed by atoms with Crippen molar-refractivity contribution in [1.29, 1.82) is 0 Å². The van der Waals surface area contributed by atoms with Crippen molar-refractivity contribution in [3.8, 4) is 17.2 Å². The maximum Gasteiger partial charge on any atom is 0.175 e. The molecule has 0 bridgehead atoms. The number of aliphatic imine (C=N–C) groups is 1. The smallest absolute Gasteiger partial charge is 0.175 e. The fourth-order valence-electron chi connectivity index (χ4n) is 1.79. The van der Waals surface area contributed by atoms with E-state index >= 15 is 0 Å². The van der Waals surface area contributed by atoms with E-state index in [1.54, 1.807) is 37.6 Å². The van der Waals surface area contributed by atoms with E-state index < -0.39 is 0 Å². The van der Waals surface area contributed by atoms with Gasteiger partial charge in [-0.15, -0.1) is 0 Å². The van der Waals surface area contributed by atoms with Crippen LogP contribution in [0.25, 0.3) is 0 Å². The SMILES string of the molecule is CCOc1c(Br)cc(C=Nc2ccc(O)cc2)cc1OC. The van der Waals surface area contributed by atoms with E-state index in [0.717, 1.165) is 15.7 Å². The lowest BCUT2D eigenvalue weighted by molar-refractivity contribution is 0.309. The van der Waals surface area contributed by atoms with Gasteiger partial charge in [0.25, 0.3) is 0 Å². The number of rotatable bonds is 5. The molecule has 0 aliphatic heterocycles. The Morgan fingerprint density at radius 2 is 1.95 bits per heavy atom. The zero-order chi connectivity index (χ0) is 15.2. The first kappa shape index (κ1) is 15.4. The second-order valence-electron chi connectivity index (χ2n) is 4.24. The summed E-state index contributed by atoms with van der Waals surface area (Å²) in [6, 6.07) is 10.5. The van der Waals surface area contributed by atoms with Crippen LogP contribution in [0, 0.1) is 0 Å². The van der Waals surface area contributed by atoms with Gasteiger partial charge in [-0.2, -0.15) is 0 Å².